The molecule has 1 aromatic heterocycles. The van der Waals surface area contributed by atoms with Crippen molar-refractivity contribution >= 4 is 28.3 Å². The predicted octanol–water partition coefficient (Wildman–Crippen LogP) is 2.57. The molecule has 0 radical (unpaired) electrons. The summed E-state index contributed by atoms with van der Waals surface area (Å²) in [4.78, 5) is 22.7. The van der Waals surface area contributed by atoms with E-state index in [9.17, 15) is 9.59 Å². The van der Waals surface area contributed by atoms with E-state index in [1.807, 2.05) is 42.5 Å². The standard InChI is InChI=1S/C15H12N4O2/c20-14-8-7-13(18-19-14)17-15(21)16-12-6-5-10-3-1-2-4-11(10)9-12/h1-9H,(H,19,20)(H2,16,17,18,21). The zero-order valence-electron chi connectivity index (χ0n) is 11.0. The number of anilines is 2. The number of benzene rings is 2. The molecular weight excluding hydrogens is 268 g/mol. The van der Waals surface area contributed by atoms with Crippen LogP contribution < -0.4 is 16.2 Å². The normalized spacial score (nSPS) is 10.3. The van der Waals surface area contributed by atoms with Crippen molar-refractivity contribution in [3.05, 3.63) is 65.0 Å². The van der Waals surface area contributed by atoms with Crippen molar-refractivity contribution in [1.82, 2.24) is 10.2 Å². The highest BCUT2D eigenvalue weighted by Crippen LogP contribution is 2.18. The molecule has 0 unspecified atom stereocenters. The Morgan fingerprint density at radius 3 is 2.52 bits per heavy atom. The number of hydrogen-bond acceptors (Lipinski definition) is 3. The molecule has 0 fully saturated rings. The van der Waals surface area contributed by atoms with Crippen molar-refractivity contribution in [2.75, 3.05) is 10.6 Å². The van der Waals surface area contributed by atoms with Crippen LogP contribution in [0.15, 0.2) is 59.4 Å². The first-order valence-electron chi connectivity index (χ1n) is 6.33. The van der Waals surface area contributed by atoms with Gasteiger partial charge in [-0.15, -0.1) is 0 Å². The van der Waals surface area contributed by atoms with Gasteiger partial charge in [-0.25, -0.2) is 9.89 Å². The number of rotatable bonds is 2. The molecule has 0 saturated heterocycles. The Labute approximate surface area is 119 Å². The van der Waals surface area contributed by atoms with E-state index in [4.69, 9.17) is 0 Å². The van der Waals surface area contributed by atoms with Gasteiger partial charge in [0.15, 0.2) is 5.82 Å². The van der Waals surface area contributed by atoms with Crippen LogP contribution in [0.3, 0.4) is 0 Å². The highest BCUT2D eigenvalue weighted by Gasteiger charge is 2.04. The first-order valence-corrected chi connectivity index (χ1v) is 6.33. The van der Waals surface area contributed by atoms with Crippen LogP contribution in [0, 0.1) is 0 Å². The molecule has 21 heavy (non-hydrogen) atoms. The Hall–Kier alpha value is -3.15. The summed E-state index contributed by atoms with van der Waals surface area (Å²) in [6.07, 6.45) is 0. The number of amides is 2. The molecule has 0 spiro atoms. The van der Waals surface area contributed by atoms with Gasteiger partial charge in [0, 0.05) is 11.8 Å². The van der Waals surface area contributed by atoms with Gasteiger partial charge in [0.1, 0.15) is 0 Å². The Kier molecular flexibility index (Phi) is 3.34. The average Bonchev–Trinajstić information content (AvgIpc) is 2.49. The van der Waals surface area contributed by atoms with Crippen molar-refractivity contribution in [2.45, 2.75) is 0 Å². The number of urea groups is 1. The minimum atomic E-state index is -0.426. The van der Waals surface area contributed by atoms with Crippen LogP contribution in [0.1, 0.15) is 0 Å². The Morgan fingerprint density at radius 2 is 1.76 bits per heavy atom. The summed E-state index contributed by atoms with van der Waals surface area (Å²) in [6.45, 7) is 0. The zero-order valence-corrected chi connectivity index (χ0v) is 11.0. The minimum absolute atomic E-state index is 0.271. The van der Waals surface area contributed by atoms with E-state index >= 15 is 0 Å². The second-order valence-electron chi connectivity index (χ2n) is 4.45. The second kappa shape index (κ2) is 5.46. The molecule has 3 rings (SSSR count). The van der Waals surface area contributed by atoms with Gasteiger partial charge in [-0.2, -0.15) is 5.10 Å². The fourth-order valence-electron chi connectivity index (χ4n) is 1.96. The van der Waals surface area contributed by atoms with Gasteiger partial charge in [-0.1, -0.05) is 30.3 Å². The van der Waals surface area contributed by atoms with Crippen molar-refractivity contribution in [3.63, 3.8) is 0 Å². The largest absolute Gasteiger partial charge is 0.324 e. The lowest BCUT2D eigenvalue weighted by molar-refractivity contribution is 0.262. The zero-order chi connectivity index (χ0) is 14.7. The molecule has 6 nitrogen and oxygen atoms in total. The lowest BCUT2D eigenvalue weighted by Crippen LogP contribution is -2.21. The summed E-state index contributed by atoms with van der Waals surface area (Å²) in [5.74, 6) is 0.271. The quantitative estimate of drug-likeness (QED) is 0.674. The molecule has 0 saturated carbocycles. The first kappa shape index (κ1) is 12.9. The number of nitrogens with zero attached hydrogens (tertiary/aromatic N) is 1. The highest BCUT2D eigenvalue weighted by atomic mass is 16.2. The SMILES string of the molecule is O=C(Nc1ccc2ccccc2c1)Nc1ccc(=O)[nH]n1. The fourth-order valence-corrected chi connectivity index (χ4v) is 1.96. The van der Waals surface area contributed by atoms with Crippen molar-refractivity contribution < 1.29 is 4.79 Å². The lowest BCUT2D eigenvalue weighted by atomic mass is 10.1. The topological polar surface area (TPSA) is 86.9 Å². The van der Waals surface area contributed by atoms with E-state index in [0.29, 0.717) is 5.69 Å². The molecule has 3 N–H and O–H groups in total. The van der Waals surface area contributed by atoms with E-state index in [-0.39, 0.29) is 11.4 Å². The van der Waals surface area contributed by atoms with E-state index in [0.717, 1.165) is 10.8 Å². The number of carbonyl (C=O) groups is 1. The molecule has 0 aliphatic carbocycles. The van der Waals surface area contributed by atoms with Crippen LogP contribution in [-0.4, -0.2) is 16.2 Å². The van der Waals surface area contributed by atoms with Crippen molar-refractivity contribution in [2.24, 2.45) is 0 Å². The summed E-state index contributed by atoms with van der Waals surface area (Å²) in [5, 5.41) is 13.3. The van der Waals surface area contributed by atoms with Gasteiger partial charge in [0.2, 0.25) is 0 Å². The van der Waals surface area contributed by atoms with E-state index in [1.165, 1.54) is 12.1 Å². The van der Waals surface area contributed by atoms with E-state index < -0.39 is 6.03 Å². The number of H-pyrrole nitrogens is 1. The van der Waals surface area contributed by atoms with Gasteiger partial charge in [0.25, 0.3) is 5.56 Å². The number of hydrogen-bond donors (Lipinski definition) is 3. The third kappa shape index (κ3) is 3.06. The van der Waals surface area contributed by atoms with Gasteiger partial charge >= 0.3 is 6.03 Å². The van der Waals surface area contributed by atoms with Crippen LogP contribution in [0.5, 0.6) is 0 Å². The molecule has 3 aromatic rings. The van der Waals surface area contributed by atoms with E-state index in [2.05, 4.69) is 20.8 Å². The van der Waals surface area contributed by atoms with Crippen LogP contribution in [0.25, 0.3) is 10.8 Å². The maximum Gasteiger partial charge on any atom is 0.324 e. The average molecular weight is 280 g/mol. The molecule has 2 aromatic carbocycles. The number of nitrogens with one attached hydrogen (secondary N) is 3. The smallest absolute Gasteiger partial charge is 0.308 e. The maximum atomic E-state index is 11.8. The Morgan fingerprint density at radius 1 is 0.952 bits per heavy atom. The van der Waals surface area contributed by atoms with E-state index in [1.54, 1.807) is 0 Å². The number of aromatic nitrogens is 2. The molecule has 1 heterocycles. The highest BCUT2D eigenvalue weighted by molar-refractivity contribution is 6.00. The molecule has 2 amide bonds. The van der Waals surface area contributed by atoms with Gasteiger partial charge in [-0.3, -0.25) is 10.1 Å². The van der Waals surface area contributed by atoms with Crippen LogP contribution in [-0.2, 0) is 0 Å². The van der Waals surface area contributed by atoms with Crippen LogP contribution in [0.2, 0.25) is 0 Å². The number of aromatic amines is 1. The summed E-state index contributed by atoms with van der Waals surface area (Å²) in [6, 6.07) is 15.8. The molecule has 0 aliphatic rings. The van der Waals surface area contributed by atoms with Crippen LogP contribution >= 0.6 is 0 Å². The molecule has 0 aliphatic heterocycles. The van der Waals surface area contributed by atoms with Crippen molar-refractivity contribution in [1.29, 1.82) is 0 Å². The number of carbonyl (C=O) groups excluding carboxylic acids is 1. The summed E-state index contributed by atoms with van der Waals surface area (Å²) in [7, 11) is 0. The molecular formula is C15H12N4O2. The van der Waals surface area contributed by atoms with Gasteiger partial charge in [-0.05, 0) is 29.0 Å². The van der Waals surface area contributed by atoms with Crippen LogP contribution in [0.4, 0.5) is 16.3 Å². The number of fused-ring (bicyclic) bond motifs is 1. The summed E-state index contributed by atoms with van der Waals surface area (Å²) in [5.41, 5.74) is 0.353. The monoisotopic (exact) mass is 280 g/mol. The molecule has 6 heteroatoms. The van der Waals surface area contributed by atoms with Crippen molar-refractivity contribution in [3.8, 4) is 0 Å². The lowest BCUT2D eigenvalue weighted by Gasteiger charge is -2.07. The molecule has 104 valence electrons. The van der Waals surface area contributed by atoms with Gasteiger partial charge in [0.05, 0.1) is 0 Å². The third-order valence-corrected chi connectivity index (χ3v) is 2.93. The van der Waals surface area contributed by atoms with Gasteiger partial charge < -0.3 is 5.32 Å². The molecule has 0 atom stereocenters. The fraction of sp³-hybridized carbons (Fsp3) is 0. The third-order valence-electron chi connectivity index (χ3n) is 2.93. The first-order chi connectivity index (χ1) is 10.2. The molecule has 0 bridgehead atoms. The Balaban J connectivity index is 1.73. The maximum absolute atomic E-state index is 11.8. The predicted molar refractivity (Wildman–Crippen MR) is 81.4 cm³/mol. The Bertz CT molecular complexity index is 837. The minimum Gasteiger partial charge on any atom is -0.308 e. The second-order valence-corrected chi connectivity index (χ2v) is 4.45. The summed E-state index contributed by atoms with van der Waals surface area (Å²) < 4.78 is 0. The summed E-state index contributed by atoms with van der Waals surface area (Å²) >= 11 is 0.